The summed E-state index contributed by atoms with van der Waals surface area (Å²) in [6.07, 6.45) is 1.77. The maximum atomic E-state index is 12.2. The number of amides is 1. The second-order valence-electron chi connectivity index (χ2n) is 4.03. The average molecular weight is 352 g/mol. The lowest BCUT2D eigenvalue weighted by molar-refractivity contribution is 0.102. The molecule has 0 fully saturated rings. The van der Waals surface area contributed by atoms with Gasteiger partial charge in [0.15, 0.2) is 5.65 Å². The molecule has 0 unspecified atom stereocenters. The molecule has 2 heterocycles. The van der Waals surface area contributed by atoms with E-state index in [1.807, 2.05) is 12.1 Å². The van der Waals surface area contributed by atoms with E-state index in [2.05, 4.69) is 31.4 Å². The lowest BCUT2D eigenvalue weighted by Gasteiger charge is -2.05. The van der Waals surface area contributed by atoms with Gasteiger partial charge in [-0.3, -0.25) is 14.5 Å². The monoisotopic (exact) mass is 350 g/mol. The summed E-state index contributed by atoms with van der Waals surface area (Å²) >= 11 is 9.35. The zero-order valence-corrected chi connectivity index (χ0v) is 12.4. The first-order valence-electron chi connectivity index (χ1n) is 5.71. The van der Waals surface area contributed by atoms with Crippen LogP contribution in [0.2, 0.25) is 5.02 Å². The molecule has 3 rings (SSSR count). The highest BCUT2D eigenvalue weighted by Gasteiger charge is 2.13. The number of fused-ring (bicyclic) bond motifs is 1. The first kappa shape index (κ1) is 13.1. The molecule has 0 aliphatic carbocycles. The van der Waals surface area contributed by atoms with Crippen LogP contribution in [0.5, 0.6) is 0 Å². The van der Waals surface area contributed by atoms with Crippen molar-refractivity contribution < 1.29 is 4.79 Å². The largest absolute Gasteiger partial charge is 0.290 e. The maximum Gasteiger partial charge on any atom is 0.259 e. The number of nitrogens with zero attached hydrogens (tertiary/aromatic N) is 3. The summed E-state index contributed by atoms with van der Waals surface area (Å²) in [7, 11) is 0. The van der Waals surface area contributed by atoms with E-state index >= 15 is 0 Å². The van der Waals surface area contributed by atoms with Crippen LogP contribution >= 0.6 is 27.5 Å². The van der Waals surface area contributed by atoms with Crippen LogP contribution in [-0.2, 0) is 0 Å². The highest BCUT2D eigenvalue weighted by molar-refractivity contribution is 9.10. The summed E-state index contributed by atoms with van der Waals surface area (Å²) in [5, 5.41) is 11.0. The Morgan fingerprint density at radius 1 is 1.25 bits per heavy atom. The van der Waals surface area contributed by atoms with Gasteiger partial charge in [-0.05, 0) is 30.3 Å². The van der Waals surface area contributed by atoms with E-state index in [4.69, 9.17) is 11.6 Å². The molecule has 1 aromatic carbocycles. The van der Waals surface area contributed by atoms with Crippen molar-refractivity contribution in [2.75, 3.05) is 5.32 Å². The first-order chi connectivity index (χ1) is 9.65. The van der Waals surface area contributed by atoms with Crippen LogP contribution in [0.1, 0.15) is 10.4 Å². The second kappa shape index (κ2) is 5.22. The number of pyridine rings is 1. The zero-order valence-electron chi connectivity index (χ0n) is 10.0. The second-order valence-corrected chi connectivity index (χ2v) is 5.35. The van der Waals surface area contributed by atoms with Crippen LogP contribution in [0.15, 0.2) is 47.1 Å². The fourth-order valence-corrected chi connectivity index (χ4v) is 2.53. The van der Waals surface area contributed by atoms with E-state index in [-0.39, 0.29) is 5.91 Å². The van der Waals surface area contributed by atoms with Crippen LogP contribution in [0.3, 0.4) is 0 Å². The molecule has 20 heavy (non-hydrogen) atoms. The number of halogens is 2. The summed E-state index contributed by atoms with van der Waals surface area (Å²) in [5.74, 6) is 0.0187. The SMILES string of the molecule is O=C(Nc1nnc2ccccn12)c1ccc(Br)cc1Cl. The van der Waals surface area contributed by atoms with Gasteiger partial charge in [0.1, 0.15) is 0 Å². The van der Waals surface area contributed by atoms with E-state index in [0.29, 0.717) is 22.2 Å². The molecule has 0 radical (unpaired) electrons. The van der Waals surface area contributed by atoms with Crippen molar-refractivity contribution in [3.05, 3.63) is 57.7 Å². The number of nitrogens with one attached hydrogen (secondary N) is 1. The predicted molar refractivity (Wildman–Crippen MR) is 80.1 cm³/mol. The smallest absolute Gasteiger partial charge is 0.259 e. The fourth-order valence-electron chi connectivity index (χ4n) is 1.77. The van der Waals surface area contributed by atoms with Gasteiger partial charge >= 0.3 is 0 Å². The molecule has 0 atom stereocenters. The molecule has 0 spiro atoms. The molecule has 1 amide bonds. The van der Waals surface area contributed by atoms with Crippen LogP contribution in [-0.4, -0.2) is 20.5 Å². The Morgan fingerprint density at radius 3 is 2.90 bits per heavy atom. The quantitative estimate of drug-likeness (QED) is 0.770. The van der Waals surface area contributed by atoms with Crippen molar-refractivity contribution in [1.82, 2.24) is 14.6 Å². The van der Waals surface area contributed by atoms with Crippen LogP contribution < -0.4 is 5.32 Å². The Labute approximate surface area is 127 Å². The third kappa shape index (κ3) is 2.39. The third-order valence-electron chi connectivity index (χ3n) is 2.71. The molecule has 0 bridgehead atoms. The minimum atomic E-state index is -0.333. The van der Waals surface area contributed by atoms with Crippen LogP contribution in [0, 0.1) is 0 Å². The van der Waals surface area contributed by atoms with Gasteiger partial charge in [0, 0.05) is 10.7 Å². The number of hydrogen-bond donors (Lipinski definition) is 1. The molecule has 0 aliphatic heterocycles. The highest BCUT2D eigenvalue weighted by atomic mass is 79.9. The summed E-state index contributed by atoms with van der Waals surface area (Å²) in [4.78, 5) is 12.2. The Morgan fingerprint density at radius 2 is 2.10 bits per heavy atom. The minimum absolute atomic E-state index is 0.333. The van der Waals surface area contributed by atoms with E-state index in [0.717, 1.165) is 4.47 Å². The van der Waals surface area contributed by atoms with E-state index in [1.54, 1.807) is 34.9 Å². The van der Waals surface area contributed by atoms with Gasteiger partial charge in [0.25, 0.3) is 5.91 Å². The molecule has 3 aromatic rings. The molecule has 1 N–H and O–H groups in total. The molecule has 5 nitrogen and oxygen atoms in total. The van der Waals surface area contributed by atoms with Crippen molar-refractivity contribution in [3.8, 4) is 0 Å². The summed E-state index contributed by atoms with van der Waals surface area (Å²) in [5.41, 5.74) is 1.03. The first-order valence-corrected chi connectivity index (χ1v) is 6.88. The summed E-state index contributed by atoms with van der Waals surface area (Å²) in [6, 6.07) is 10.5. The van der Waals surface area contributed by atoms with Gasteiger partial charge in [-0.1, -0.05) is 33.6 Å². The number of carbonyl (C=O) groups is 1. The Balaban J connectivity index is 1.92. The van der Waals surface area contributed by atoms with E-state index in [1.165, 1.54) is 0 Å². The van der Waals surface area contributed by atoms with Crippen molar-refractivity contribution in [1.29, 1.82) is 0 Å². The number of carbonyl (C=O) groups excluding carboxylic acids is 1. The van der Waals surface area contributed by atoms with Crippen molar-refractivity contribution >= 4 is 45.0 Å². The van der Waals surface area contributed by atoms with E-state index < -0.39 is 0 Å². The molecule has 7 heteroatoms. The van der Waals surface area contributed by atoms with Crippen molar-refractivity contribution in [2.45, 2.75) is 0 Å². The van der Waals surface area contributed by atoms with Gasteiger partial charge in [-0.15, -0.1) is 10.2 Å². The number of hydrogen-bond acceptors (Lipinski definition) is 3. The number of benzene rings is 1. The fraction of sp³-hybridized carbons (Fsp3) is 0. The van der Waals surface area contributed by atoms with Gasteiger partial charge in [-0.2, -0.15) is 0 Å². The van der Waals surface area contributed by atoms with Gasteiger partial charge in [0.05, 0.1) is 10.6 Å². The maximum absolute atomic E-state index is 12.2. The number of aromatic nitrogens is 3. The molecule has 2 aromatic heterocycles. The summed E-state index contributed by atoms with van der Waals surface area (Å²) < 4.78 is 2.50. The Bertz CT molecular complexity index is 802. The highest BCUT2D eigenvalue weighted by Crippen LogP contribution is 2.22. The Kier molecular flexibility index (Phi) is 3.42. The standard InChI is InChI=1S/C13H8BrClN4O/c14-8-4-5-9(10(15)7-8)12(20)16-13-18-17-11-3-1-2-6-19(11)13/h1-7H,(H,16,18,20). The summed E-state index contributed by atoms with van der Waals surface area (Å²) in [6.45, 7) is 0. The lowest BCUT2D eigenvalue weighted by Crippen LogP contribution is -2.14. The van der Waals surface area contributed by atoms with Crippen LogP contribution in [0.25, 0.3) is 5.65 Å². The molecule has 100 valence electrons. The lowest BCUT2D eigenvalue weighted by atomic mass is 10.2. The normalized spacial score (nSPS) is 10.7. The molecule has 0 saturated carbocycles. The van der Waals surface area contributed by atoms with Crippen molar-refractivity contribution in [3.63, 3.8) is 0 Å². The van der Waals surface area contributed by atoms with Crippen molar-refractivity contribution in [2.24, 2.45) is 0 Å². The van der Waals surface area contributed by atoms with Gasteiger partial charge in [0.2, 0.25) is 5.95 Å². The molecular formula is C13H8BrClN4O. The topological polar surface area (TPSA) is 59.3 Å². The molecule has 0 saturated heterocycles. The molecular weight excluding hydrogens is 344 g/mol. The average Bonchev–Trinajstić information content (AvgIpc) is 2.82. The number of rotatable bonds is 2. The minimum Gasteiger partial charge on any atom is -0.290 e. The van der Waals surface area contributed by atoms with Gasteiger partial charge < -0.3 is 0 Å². The van der Waals surface area contributed by atoms with Crippen LogP contribution in [0.4, 0.5) is 5.95 Å². The van der Waals surface area contributed by atoms with Gasteiger partial charge in [-0.25, -0.2) is 0 Å². The number of anilines is 1. The zero-order chi connectivity index (χ0) is 14.1. The predicted octanol–water partition coefficient (Wildman–Crippen LogP) is 3.40. The third-order valence-corrected chi connectivity index (χ3v) is 3.52. The van der Waals surface area contributed by atoms with E-state index in [9.17, 15) is 4.79 Å². The Hall–Kier alpha value is -1.92. The molecule has 0 aliphatic rings.